The number of fused-ring (bicyclic) bond motifs is 2. The summed E-state index contributed by atoms with van der Waals surface area (Å²) >= 11 is 5.84. The minimum atomic E-state index is -0.522. The van der Waals surface area contributed by atoms with E-state index in [0.717, 1.165) is 18.6 Å². The first kappa shape index (κ1) is 18.9. The van der Waals surface area contributed by atoms with Gasteiger partial charge in [-0.2, -0.15) is 0 Å². The third-order valence-corrected chi connectivity index (χ3v) is 7.12. The fourth-order valence-electron chi connectivity index (χ4n) is 4.66. The maximum atomic E-state index is 13.0. The van der Waals surface area contributed by atoms with Crippen LogP contribution >= 0.6 is 11.6 Å². The molecule has 1 aromatic carbocycles. The number of benzene rings is 1. The van der Waals surface area contributed by atoms with Crippen LogP contribution in [0.25, 0.3) is 0 Å². The summed E-state index contributed by atoms with van der Waals surface area (Å²) in [4.78, 5) is 32.1. The maximum Gasteiger partial charge on any atom is 0.365 e. The van der Waals surface area contributed by atoms with E-state index in [9.17, 15) is 9.59 Å². The number of rotatable bonds is 3. The Kier molecular flexibility index (Phi) is 4.42. The molecule has 0 heterocycles. The molecule has 1 aromatic rings. The fourth-order valence-corrected chi connectivity index (χ4v) is 4.78. The number of hydrogen-bond acceptors (Lipinski definition) is 4. The molecule has 0 N–H and O–H groups in total. The van der Waals surface area contributed by atoms with E-state index < -0.39 is 11.4 Å². The number of nitrogens with zero attached hydrogens (tertiary/aromatic N) is 2. The summed E-state index contributed by atoms with van der Waals surface area (Å²) in [5, 5.41) is 4.78. The van der Waals surface area contributed by atoms with Crippen LogP contribution in [0.1, 0.15) is 50.4 Å². The second-order valence-corrected chi connectivity index (χ2v) is 8.78. The number of carbonyl (C=O) groups excluding carboxylic acids is 2. The molecule has 26 heavy (non-hydrogen) atoms. The second-order valence-electron chi connectivity index (χ2n) is 8.34. The highest BCUT2D eigenvalue weighted by Crippen LogP contribution is 2.71. The quantitative estimate of drug-likeness (QED) is 0.588. The molecule has 0 aromatic heterocycles. The Balaban J connectivity index is 1.88. The molecule has 2 unspecified atom stereocenters. The van der Waals surface area contributed by atoms with Crippen LogP contribution in [-0.2, 0) is 9.63 Å². The van der Waals surface area contributed by atoms with Gasteiger partial charge in [-0.15, -0.1) is 0 Å². The molecule has 2 aliphatic carbocycles. The number of halogens is 1. The molecule has 2 fully saturated rings. The monoisotopic (exact) mass is 376 g/mol. The molecular weight excluding hydrogens is 352 g/mol. The minimum Gasteiger partial charge on any atom is -0.348 e. The summed E-state index contributed by atoms with van der Waals surface area (Å²) in [7, 11) is 3.58. The summed E-state index contributed by atoms with van der Waals surface area (Å²) in [6.45, 7) is 6.38. The van der Waals surface area contributed by atoms with Crippen molar-refractivity contribution in [1.29, 1.82) is 0 Å². The lowest BCUT2D eigenvalue weighted by atomic mass is 9.64. The average molecular weight is 377 g/mol. The van der Waals surface area contributed by atoms with Crippen LogP contribution in [0.3, 0.4) is 0 Å². The van der Waals surface area contributed by atoms with Crippen molar-refractivity contribution < 1.29 is 14.4 Å². The summed E-state index contributed by atoms with van der Waals surface area (Å²) in [6.07, 6.45) is 2.22. The van der Waals surface area contributed by atoms with E-state index in [-0.39, 0.29) is 16.7 Å². The van der Waals surface area contributed by atoms with Gasteiger partial charge in [0.15, 0.2) is 0 Å². The van der Waals surface area contributed by atoms with Crippen LogP contribution in [0.2, 0.25) is 5.02 Å². The van der Waals surface area contributed by atoms with Gasteiger partial charge < -0.3 is 9.74 Å². The van der Waals surface area contributed by atoms with Crippen molar-refractivity contribution in [2.75, 3.05) is 14.1 Å². The molecule has 0 spiro atoms. The first-order valence-electron chi connectivity index (χ1n) is 8.81. The second kappa shape index (κ2) is 6.08. The predicted octanol–water partition coefficient (Wildman–Crippen LogP) is 4.16. The SMILES string of the molecule is CN(C)C(=O)C12CCC(C)(C(=NOC(=O)c3ccc(Cl)cc3)C1)C2(C)C. The Morgan fingerprint density at radius 2 is 1.73 bits per heavy atom. The molecule has 2 aliphatic rings. The van der Waals surface area contributed by atoms with E-state index >= 15 is 0 Å². The smallest absolute Gasteiger partial charge is 0.348 e. The van der Waals surface area contributed by atoms with E-state index in [2.05, 4.69) is 25.9 Å². The van der Waals surface area contributed by atoms with Crippen LogP contribution in [-0.4, -0.2) is 36.6 Å². The highest BCUT2D eigenvalue weighted by Gasteiger charge is 2.72. The highest BCUT2D eigenvalue weighted by atomic mass is 35.5. The van der Waals surface area contributed by atoms with Gasteiger partial charge in [0.05, 0.1) is 16.7 Å². The third kappa shape index (κ3) is 2.48. The van der Waals surface area contributed by atoms with Crippen molar-refractivity contribution in [2.24, 2.45) is 21.4 Å². The zero-order valence-electron chi connectivity index (χ0n) is 15.9. The average Bonchev–Trinajstić information content (AvgIpc) is 2.89. The lowest BCUT2D eigenvalue weighted by molar-refractivity contribution is -0.144. The van der Waals surface area contributed by atoms with Crippen molar-refractivity contribution in [3.63, 3.8) is 0 Å². The van der Waals surface area contributed by atoms with Gasteiger partial charge in [0.1, 0.15) is 0 Å². The summed E-state index contributed by atoms with van der Waals surface area (Å²) in [6, 6.07) is 6.48. The molecule has 1 amide bonds. The largest absolute Gasteiger partial charge is 0.365 e. The van der Waals surface area contributed by atoms with E-state index in [1.165, 1.54) is 0 Å². The minimum absolute atomic E-state index is 0.125. The molecule has 2 bridgehead atoms. The van der Waals surface area contributed by atoms with Crippen LogP contribution in [0.4, 0.5) is 0 Å². The van der Waals surface area contributed by atoms with Gasteiger partial charge in [-0.25, -0.2) is 4.79 Å². The molecule has 6 heteroatoms. The van der Waals surface area contributed by atoms with Gasteiger partial charge in [0.2, 0.25) is 5.91 Å². The number of carbonyl (C=O) groups is 2. The Bertz CT molecular complexity index is 785. The van der Waals surface area contributed by atoms with Crippen molar-refractivity contribution in [3.8, 4) is 0 Å². The molecule has 3 rings (SSSR count). The normalized spacial score (nSPS) is 30.5. The lowest BCUT2D eigenvalue weighted by Gasteiger charge is -2.40. The summed E-state index contributed by atoms with van der Waals surface area (Å²) < 4.78 is 0. The predicted molar refractivity (Wildman–Crippen MR) is 101 cm³/mol. The first-order valence-corrected chi connectivity index (χ1v) is 9.19. The van der Waals surface area contributed by atoms with Gasteiger partial charge in [-0.1, -0.05) is 37.5 Å². The number of amides is 1. The Morgan fingerprint density at radius 3 is 2.31 bits per heavy atom. The molecule has 140 valence electrons. The van der Waals surface area contributed by atoms with E-state index in [1.54, 1.807) is 43.3 Å². The van der Waals surface area contributed by atoms with Crippen LogP contribution in [0.15, 0.2) is 29.4 Å². The van der Waals surface area contributed by atoms with E-state index in [1.807, 2.05) is 0 Å². The van der Waals surface area contributed by atoms with E-state index in [0.29, 0.717) is 17.0 Å². The molecular formula is C20H25ClN2O3. The molecule has 0 aliphatic heterocycles. The lowest BCUT2D eigenvalue weighted by Crippen LogP contribution is -2.46. The van der Waals surface area contributed by atoms with Crippen molar-refractivity contribution >= 4 is 29.2 Å². The molecule has 0 saturated heterocycles. The van der Waals surface area contributed by atoms with Gasteiger partial charge in [0, 0.05) is 31.0 Å². The third-order valence-electron chi connectivity index (χ3n) is 6.87. The Labute approximate surface area is 159 Å². The summed E-state index contributed by atoms with van der Waals surface area (Å²) in [5.74, 6) is -0.396. The molecule has 2 atom stereocenters. The molecule has 2 saturated carbocycles. The zero-order valence-corrected chi connectivity index (χ0v) is 16.7. The Hall–Kier alpha value is -1.88. The van der Waals surface area contributed by atoms with Crippen molar-refractivity contribution in [3.05, 3.63) is 34.9 Å². The van der Waals surface area contributed by atoms with Crippen LogP contribution in [0.5, 0.6) is 0 Å². The number of oxime groups is 1. The van der Waals surface area contributed by atoms with E-state index in [4.69, 9.17) is 16.4 Å². The summed E-state index contributed by atoms with van der Waals surface area (Å²) in [5.41, 5.74) is 0.180. The maximum absolute atomic E-state index is 13.0. The van der Waals surface area contributed by atoms with Crippen LogP contribution in [0, 0.1) is 16.2 Å². The fraction of sp³-hybridized carbons (Fsp3) is 0.550. The first-order chi connectivity index (χ1) is 12.0. The van der Waals surface area contributed by atoms with Gasteiger partial charge >= 0.3 is 5.97 Å². The van der Waals surface area contributed by atoms with Gasteiger partial charge in [0.25, 0.3) is 0 Å². The van der Waals surface area contributed by atoms with Crippen molar-refractivity contribution in [1.82, 2.24) is 4.90 Å². The van der Waals surface area contributed by atoms with Gasteiger partial charge in [-0.3, -0.25) is 4.79 Å². The highest BCUT2D eigenvalue weighted by molar-refractivity contribution is 6.30. The van der Waals surface area contributed by atoms with Crippen molar-refractivity contribution in [2.45, 2.75) is 40.0 Å². The van der Waals surface area contributed by atoms with Gasteiger partial charge in [-0.05, 0) is 42.5 Å². The topological polar surface area (TPSA) is 59.0 Å². The molecule has 0 radical (unpaired) electrons. The Morgan fingerprint density at radius 1 is 1.12 bits per heavy atom. The number of hydrogen-bond donors (Lipinski definition) is 0. The van der Waals surface area contributed by atoms with Crippen LogP contribution < -0.4 is 0 Å². The standard InChI is InChI=1S/C20H25ClN2O3/c1-18(2)19(3)10-11-20(18,17(25)23(4)5)12-15(19)22-26-16(24)13-6-8-14(21)9-7-13/h6-9H,10-12H2,1-5H3. The molecule has 5 nitrogen and oxygen atoms in total. The zero-order chi connectivity index (χ0) is 19.3.